The summed E-state index contributed by atoms with van der Waals surface area (Å²) in [5.41, 5.74) is 13.9. The van der Waals surface area contributed by atoms with E-state index in [0.29, 0.717) is 0 Å². The van der Waals surface area contributed by atoms with Gasteiger partial charge in [-0.3, -0.25) is 0 Å². The molecule has 0 N–H and O–H groups in total. The highest BCUT2D eigenvalue weighted by Gasteiger charge is 2.06. The monoisotopic (exact) mass is 239 g/mol. The summed E-state index contributed by atoms with van der Waals surface area (Å²) in [6.07, 6.45) is 0. The Labute approximate surface area is 108 Å². The fraction of sp³-hybridized carbons (Fsp3) is 0.200. The first-order valence-electron chi connectivity index (χ1n) is 5.91. The van der Waals surface area contributed by atoms with E-state index in [4.69, 9.17) is 0 Å². The predicted molar refractivity (Wildman–Crippen MR) is 76.8 cm³/mol. The summed E-state index contributed by atoms with van der Waals surface area (Å²) in [7, 11) is 3.98. The Kier molecular flexibility index (Phi) is 3.42. The van der Waals surface area contributed by atoms with Crippen molar-refractivity contribution >= 4 is 17.1 Å². The standard InChI is InChI=1S/C15H17N3/c1-12-4-6-14(7-5-12)18(16)15-10-8-13(9-11-15)17(2)3/h4-11H,1-3H3. The number of hydrogen-bond donors (Lipinski definition) is 0. The molecule has 0 aliphatic carbocycles. The first kappa shape index (κ1) is 12.3. The molecule has 2 aromatic rings. The summed E-state index contributed by atoms with van der Waals surface area (Å²) in [4.78, 5) is 2.03. The molecule has 0 aliphatic heterocycles. The van der Waals surface area contributed by atoms with Gasteiger partial charge in [0.2, 0.25) is 0 Å². The van der Waals surface area contributed by atoms with Gasteiger partial charge in [-0.2, -0.15) is 0 Å². The minimum atomic E-state index is 0.754. The maximum atomic E-state index is 10.1. The largest absolute Gasteiger partial charge is 0.493 e. The molecule has 0 amide bonds. The molecular formula is C15H17N3. The number of rotatable bonds is 3. The molecule has 0 aliphatic rings. The number of benzene rings is 2. The third kappa shape index (κ3) is 2.56. The maximum Gasteiger partial charge on any atom is 0.200 e. The Morgan fingerprint density at radius 2 is 1.28 bits per heavy atom. The van der Waals surface area contributed by atoms with E-state index in [2.05, 4.69) is 0 Å². The lowest BCUT2D eigenvalue weighted by Gasteiger charge is -2.12. The van der Waals surface area contributed by atoms with Crippen molar-refractivity contribution in [2.75, 3.05) is 19.0 Å². The van der Waals surface area contributed by atoms with Gasteiger partial charge in [0.15, 0.2) is 11.4 Å². The predicted octanol–water partition coefficient (Wildman–Crippen LogP) is 3.92. The van der Waals surface area contributed by atoms with Crippen molar-refractivity contribution < 1.29 is 0 Å². The second kappa shape index (κ2) is 5.00. The first-order chi connectivity index (χ1) is 8.58. The topological polar surface area (TPSA) is 28.6 Å². The van der Waals surface area contributed by atoms with Gasteiger partial charge in [0.05, 0.1) is 0 Å². The number of anilines is 1. The summed E-state index contributed by atoms with van der Waals surface area (Å²) in [5, 5.41) is 0. The third-order valence-electron chi connectivity index (χ3n) is 2.89. The van der Waals surface area contributed by atoms with Crippen LogP contribution in [0.4, 0.5) is 17.1 Å². The van der Waals surface area contributed by atoms with Crippen molar-refractivity contribution in [2.24, 2.45) is 0 Å². The van der Waals surface area contributed by atoms with Crippen molar-refractivity contribution in [3.05, 3.63) is 59.6 Å². The van der Waals surface area contributed by atoms with Crippen molar-refractivity contribution in [3.8, 4) is 0 Å². The minimum Gasteiger partial charge on any atom is -0.493 e. The van der Waals surface area contributed by atoms with Crippen LogP contribution in [0.3, 0.4) is 0 Å². The molecule has 0 radical (unpaired) electrons. The van der Waals surface area contributed by atoms with Crippen molar-refractivity contribution in [2.45, 2.75) is 6.92 Å². The van der Waals surface area contributed by atoms with Gasteiger partial charge in [-0.05, 0) is 19.1 Å². The molecule has 0 heterocycles. The highest BCUT2D eigenvalue weighted by molar-refractivity contribution is 5.56. The van der Waals surface area contributed by atoms with E-state index in [-0.39, 0.29) is 0 Å². The highest BCUT2D eigenvalue weighted by atomic mass is 15.2. The van der Waals surface area contributed by atoms with Crippen LogP contribution >= 0.6 is 0 Å². The molecular weight excluding hydrogens is 222 g/mol. The SMILES string of the molecule is Cc1ccc([N+](=[N-])c2ccc(N(C)C)cc2)cc1. The van der Waals surface area contributed by atoms with Crippen LogP contribution in [0.25, 0.3) is 5.53 Å². The van der Waals surface area contributed by atoms with Crippen molar-refractivity contribution in [1.82, 2.24) is 4.70 Å². The van der Waals surface area contributed by atoms with Crippen LogP contribution in [-0.4, -0.2) is 14.1 Å². The zero-order chi connectivity index (χ0) is 13.1. The lowest BCUT2D eigenvalue weighted by molar-refractivity contribution is 1.05. The van der Waals surface area contributed by atoms with Gasteiger partial charge in [0.1, 0.15) is 0 Å². The normalized spacial score (nSPS) is 10.2. The zero-order valence-corrected chi connectivity index (χ0v) is 11.0. The van der Waals surface area contributed by atoms with Gasteiger partial charge in [0, 0.05) is 44.0 Å². The summed E-state index contributed by atoms with van der Waals surface area (Å²) >= 11 is 0. The molecule has 0 saturated heterocycles. The average molecular weight is 239 g/mol. The molecule has 0 spiro atoms. The zero-order valence-electron chi connectivity index (χ0n) is 11.0. The van der Waals surface area contributed by atoms with Crippen LogP contribution in [-0.2, 0) is 0 Å². The maximum absolute atomic E-state index is 10.1. The summed E-state index contributed by atoms with van der Waals surface area (Å²) < 4.78 is 1.19. The Hall–Kier alpha value is -2.16. The molecule has 92 valence electrons. The van der Waals surface area contributed by atoms with Crippen LogP contribution in [0.1, 0.15) is 5.56 Å². The van der Waals surface area contributed by atoms with Gasteiger partial charge in [0.25, 0.3) is 0 Å². The molecule has 3 heteroatoms. The highest BCUT2D eigenvalue weighted by Crippen LogP contribution is 2.23. The van der Waals surface area contributed by atoms with Crippen LogP contribution < -0.4 is 9.60 Å². The van der Waals surface area contributed by atoms with Crippen molar-refractivity contribution in [1.29, 1.82) is 0 Å². The van der Waals surface area contributed by atoms with Gasteiger partial charge in [-0.1, -0.05) is 17.7 Å². The fourth-order valence-corrected chi connectivity index (χ4v) is 1.73. The second-order valence-corrected chi connectivity index (χ2v) is 4.56. The molecule has 0 fully saturated rings. The summed E-state index contributed by atoms with van der Waals surface area (Å²) in [6.45, 7) is 2.03. The van der Waals surface area contributed by atoms with Crippen LogP contribution in [0, 0.1) is 6.92 Å². The van der Waals surface area contributed by atoms with Crippen LogP contribution in [0.2, 0.25) is 0 Å². The molecule has 0 atom stereocenters. The van der Waals surface area contributed by atoms with E-state index < -0.39 is 0 Å². The molecule has 0 unspecified atom stereocenters. The van der Waals surface area contributed by atoms with E-state index in [0.717, 1.165) is 17.1 Å². The Balaban J connectivity index is 2.26. The van der Waals surface area contributed by atoms with E-state index >= 15 is 0 Å². The fourth-order valence-electron chi connectivity index (χ4n) is 1.73. The molecule has 2 rings (SSSR count). The Bertz CT molecular complexity index is 539. The lowest BCUT2D eigenvalue weighted by Crippen LogP contribution is -2.08. The smallest absolute Gasteiger partial charge is 0.200 e. The lowest BCUT2D eigenvalue weighted by atomic mass is 10.2. The average Bonchev–Trinajstić information content (AvgIpc) is 2.39. The minimum absolute atomic E-state index is 0.754. The van der Waals surface area contributed by atoms with E-state index in [1.165, 1.54) is 10.3 Å². The Morgan fingerprint density at radius 1 is 0.833 bits per heavy atom. The molecule has 0 saturated carbocycles. The Morgan fingerprint density at radius 3 is 1.72 bits per heavy atom. The third-order valence-corrected chi connectivity index (χ3v) is 2.89. The van der Waals surface area contributed by atoms with Crippen LogP contribution in [0.15, 0.2) is 48.5 Å². The van der Waals surface area contributed by atoms with E-state index in [1.54, 1.807) is 0 Å². The summed E-state index contributed by atoms with van der Waals surface area (Å²) in [5.74, 6) is 0. The second-order valence-electron chi connectivity index (χ2n) is 4.56. The van der Waals surface area contributed by atoms with Gasteiger partial charge in [-0.25, -0.2) is 4.70 Å². The van der Waals surface area contributed by atoms with E-state index in [9.17, 15) is 5.53 Å². The number of nitrogens with zero attached hydrogens (tertiary/aromatic N) is 3. The van der Waals surface area contributed by atoms with Gasteiger partial charge >= 0.3 is 0 Å². The quantitative estimate of drug-likeness (QED) is 0.589. The molecule has 0 aromatic heterocycles. The van der Waals surface area contributed by atoms with E-state index in [1.807, 2.05) is 74.4 Å². The van der Waals surface area contributed by atoms with Gasteiger partial charge in [-0.15, -0.1) is 0 Å². The molecule has 18 heavy (non-hydrogen) atoms. The molecule has 3 nitrogen and oxygen atoms in total. The van der Waals surface area contributed by atoms with Gasteiger partial charge < -0.3 is 10.4 Å². The van der Waals surface area contributed by atoms with Crippen molar-refractivity contribution in [3.63, 3.8) is 0 Å². The number of aryl methyl sites for hydroxylation is 1. The molecule has 0 bridgehead atoms. The number of hydrogen-bond acceptors (Lipinski definition) is 1. The van der Waals surface area contributed by atoms with Crippen LogP contribution in [0.5, 0.6) is 0 Å². The molecule has 2 aromatic carbocycles. The first-order valence-corrected chi connectivity index (χ1v) is 5.91. The summed E-state index contributed by atoms with van der Waals surface area (Å²) in [6, 6.07) is 15.5.